The number of carbonyl (C=O) groups excluding carboxylic acids is 2. The number of rotatable bonds is 5. The predicted octanol–water partition coefficient (Wildman–Crippen LogP) is 3.39. The number of halogens is 3. The molecule has 4 rings (SSSR count). The molecule has 1 aliphatic heterocycles. The minimum Gasteiger partial charge on any atom is -0.355 e. The van der Waals surface area contributed by atoms with Crippen molar-refractivity contribution in [2.24, 2.45) is 5.92 Å². The van der Waals surface area contributed by atoms with E-state index in [1.807, 2.05) is 31.2 Å². The molecule has 0 radical (unpaired) electrons. The first-order valence-corrected chi connectivity index (χ1v) is 10.8. The molecular weight excluding hydrogens is 421 g/mol. The van der Waals surface area contributed by atoms with Gasteiger partial charge in [-0.05, 0) is 44.7 Å². The third-order valence-electron chi connectivity index (χ3n) is 5.99. The van der Waals surface area contributed by atoms with Gasteiger partial charge in [0.1, 0.15) is 5.82 Å². The third-order valence-corrected chi connectivity index (χ3v) is 5.99. The van der Waals surface area contributed by atoms with Gasteiger partial charge in [-0.2, -0.15) is 13.2 Å². The summed E-state index contributed by atoms with van der Waals surface area (Å²) in [6.45, 7) is 2.35. The number of fused-ring (bicyclic) bond motifs is 1. The Labute approximate surface area is 184 Å². The number of aryl methyl sites for hydroxylation is 2. The fourth-order valence-corrected chi connectivity index (χ4v) is 4.29. The predicted molar refractivity (Wildman–Crippen MR) is 112 cm³/mol. The summed E-state index contributed by atoms with van der Waals surface area (Å²) in [5, 5.41) is 2.73. The SMILES string of the molecule is Cc1ccc(N2C[C@H](C(=O)NCCc3nc4c(c(C(F)(F)F)n3)CCCC4)CC2=O)cc1. The Morgan fingerprint density at radius 2 is 1.88 bits per heavy atom. The second-order valence-electron chi connectivity index (χ2n) is 8.40. The summed E-state index contributed by atoms with van der Waals surface area (Å²) in [4.78, 5) is 34.6. The van der Waals surface area contributed by atoms with E-state index in [9.17, 15) is 22.8 Å². The fourth-order valence-electron chi connectivity index (χ4n) is 4.29. The van der Waals surface area contributed by atoms with E-state index in [2.05, 4.69) is 15.3 Å². The largest absolute Gasteiger partial charge is 0.433 e. The molecule has 1 aliphatic carbocycles. The van der Waals surface area contributed by atoms with E-state index in [4.69, 9.17) is 0 Å². The molecular formula is C23H25F3N4O2. The first-order valence-electron chi connectivity index (χ1n) is 10.8. The van der Waals surface area contributed by atoms with Crippen molar-refractivity contribution in [2.45, 2.75) is 51.6 Å². The number of hydrogen-bond donors (Lipinski definition) is 1. The molecule has 1 fully saturated rings. The maximum Gasteiger partial charge on any atom is 0.433 e. The van der Waals surface area contributed by atoms with Crippen LogP contribution >= 0.6 is 0 Å². The van der Waals surface area contributed by atoms with Gasteiger partial charge in [-0.15, -0.1) is 0 Å². The lowest BCUT2D eigenvalue weighted by atomic mass is 9.94. The Kier molecular flexibility index (Phi) is 6.17. The molecule has 32 heavy (non-hydrogen) atoms. The molecule has 0 saturated carbocycles. The van der Waals surface area contributed by atoms with E-state index >= 15 is 0 Å². The van der Waals surface area contributed by atoms with Crippen molar-refractivity contribution in [3.63, 3.8) is 0 Å². The Bertz CT molecular complexity index is 1020. The van der Waals surface area contributed by atoms with Crippen LogP contribution in [0.25, 0.3) is 0 Å². The quantitative estimate of drug-likeness (QED) is 0.764. The summed E-state index contributed by atoms with van der Waals surface area (Å²) in [7, 11) is 0. The summed E-state index contributed by atoms with van der Waals surface area (Å²) in [6, 6.07) is 7.51. The van der Waals surface area contributed by atoms with Crippen molar-refractivity contribution in [1.82, 2.24) is 15.3 Å². The fraction of sp³-hybridized carbons (Fsp3) is 0.478. The average Bonchev–Trinajstić information content (AvgIpc) is 3.14. The van der Waals surface area contributed by atoms with E-state index in [0.29, 0.717) is 25.0 Å². The van der Waals surface area contributed by atoms with Gasteiger partial charge in [0.25, 0.3) is 0 Å². The number of nitrogens with zero attached hydrogens (tertiary/aromatic N) is 3. The van der Waals surface area contributed by atoms with Crippen LogP contribution < -0.4 is 10.2 Å². The summed E-state index contributed by atoms with van der Waals surface area (Å²) >= 11 is 0. The third kappa shape index (κ3) is 4.76. The van der Waals surface area contributed by atoms with E-state index in [-0.39, 0.29) is 49.1 Å². The number of benzene rings is 1. The van der Waals surface area contributed by atoms with Gasteiger partial charge >= 0.3 is 6.18 Å². The minimum atomic E-state index is -4.52. The van der Waals surface area contributed by atoms with Crippen LogP contribution in [0.1, 0.15) is 47.6 Å². The topological polar surface area (TPSA) is 75.2 Å². The van der Waals surface area contributed by atoms with Gasteiger partial charge in [-0.3, -0.25) is 9.59 Å². The van der Waals surface area contributed by atoms with Crippen molar-refractivity contribution >= 4 is 17.5 Å². The number of hydrogen-bond acceptors (Lipinski definition) is 4. The van der Waals surface area contributed by atoms with Crippen LogP contribution in [-0.2, 0) is 35.0 Å². The highest BCUT2D eigenvalue weighted by atomic mass is 19.4. The molecule has 0 bridgehead atoms. The maximum absolute atomic E-state index is 13.4. The molecule has 1 N–H and O–H groups in total. The lowest BCUT2D eigenvalue weighted by Gasteiger charge is -2.20. The lowest BCUT2D eigenvalue weighted by Crippen LogP contribution is -2.34. The highest BCUT2D eigenvalue weighted by molar-refractivity contribution is 6.00. The summed E-state index contributed by atoms with van der Waals surface area (Å²) in [5.74, 6) is -0.829. The van der Waals surface area contributed by atoms with Gasteiger partial charge in [-0.25, -0.2) is 9.97 Å². The number of aromatic nitrogens is 2. The van der Waals surface area contributed by atoms with Crippen molar-refractivity contribution in [3.8, 4) is 0 Å². The first kappa shape index (κ1) is 22.2. The molecule has 2 heterocycles. The van der Waals surface area contributed by atoms with Crippen LogP contribution in [0.15, 0.2) is 24.3 Å². The molecule has 0 spiro atoms. The number of anilines is 1. The highest BCUT2D eigenvalue weighted by Crippen LogP contribution is 2.34. The Balaban J connectivity index is 1.37. The van der Waals surface area contributed by atoms with Crippen LogP contribution in [0.4, 0.5) is 18.9 Å². The molecule has 170 valence electrons. The van der Waals surface area contributed by atoms with E-state index < -0.39 is 17.8 Å². The second kappa shape index (κ2) is 8.88. The summed E-state index contributed by atoms with van der Waals surface area (Å²) in [6.07, 6.45) is -1.95. The zero-order valence-corrected chi connectivity index (χ0v) is 17.8. The molecule has 1 saturated heterocycles. The molecule has 0 unspecified atom stereocenters. The molecule has 2 aliphatic rings. The molecule has 2 aromatic rings. The molecule has 6 nitrogen and oxygen atoms in total. The Morgan fingerprint density at radius 1 is 1.16 bits per heavy atom. The van der Waals surface area contributed by atoms with Gasteiger partial charge in [0.2, 0.25) is 11.8 Å². The van der Waals surface area contributed by atoms with Crippen LogP contribution in [-0.4, -0.2) is 34.9 Å². The number of amides is 2. The van der Waals surface area contributed by atoms with Gasteiger partial charge in [-0.1, -0.05) is 17.7 Å². The lowest BCUT2D eigenvalue weighted by molar-refractivity contribution is -0.142. The van der Waals surface area contributed by atoms with Crippen LogP contribution in [0.2, 0.25) is 0 Å². The molecule has 2 amide bonds. The zero-order valence-electron chi connectivity index (χ0n) is 17.8. The summed E-state index contributed by atoms with van der Waals surface area (Å²) < 4.78 is 40.3. The normalized spacial score (nSPS) is 18.6. The monoisotopic (exact) mass is 446 g/mol. The van der Waals surface area contributed by atoms with Gasteiger partial charge in [0, 0.05) is 42.9 Å². The van der Waals surface area contributed by atoms with Crippen molar-refractivity contribution in [2.75, 3.05) is 18.0 Å². The van der Waals surface area contributed by atoms with Crippen LogP contribution in [0.5, 0.6) is 0 Å². The van der Waals surface area contributed by atoms with Gasteiger partial charge in [0.05, 0.1) is 5.92 Å². The molecule has 1 atom stereocenters. The standard InChI is InChI=1S/C23H25F3N4O2/c1-14-6-8-16(9-7-14)30-13-15(12-20(30)31)22(32)27-11-10-19-28-18-5-3-2-4-17(18)21(29-19)23(24,25)26/h6-9,15H,2-5,10-13H2,1H3,(H,27,32)/t15-/m1/s1. The molecule has 1 aromatic heterocycles. The van der Waals surface area contributed by atoms with Crippen LogP contribution in [0.3, 0.4) is 0 Å². The minimum absolute atomic E-state index is 0.0852. The van der Waals surface area contributed by atoms with Crippen molar-refractivity contribution in [3.05, 3.63) is 52.6 Å². The highest BCUT2D eigenvalue weighted by Gasteiger charge is 2.38. The molecule has 9 heteroatoms. The molecule has 1 aromatic carbocycles. The Morgan fingerprint density at radius 3 is 2.59 bits per heavy atom. The first-order chi connectivity index (χ1) is 15.2. The second-order valence-corrected chi connectivity index (χ2v) is 8.40. The van der Waals surface area contributed by atoms with E-state index in [1.165, 1.54) is 0 Å². The Hall–Kier alpha value is -2.97. The van der Waals surface area contributed by atoms with E-state index in [1.54, 1.807) is 4.90 Å². The maximum atomic E-state index is 13.4. The van der Waals surface area contributed by atoms with Gasteiger partial charge in [0.15, 0.2) is 5.69 Å². The average molecular weight is 446 g/mol. The summed E-state index contributed by atoms with van der Waals surface area (Å²) in [5.41, 5.74) is 1.65. The zero-order chi connectivity index (χ0) is 22.9. The number of alkyl halides is 3. The smallest absolute Gasteiger partial charge is 0.355 e. The van der Waals surface area contributed by atoms with E-state index in [0.717, 1.165) is 17.7 Å². The van der Waals surface area contributed by atoms with Crippen molar-refractivity contribution < 1.29 is 22.8 Å². The van der Waals surface area contributed by atoms with Crippen molar-refractivity contribution in [1.29, 1.82) is 0 Å². The number of carbonyl (C=O) groups is 2. The van der Waals surface area contributed by atoms with Crippen LogP contribution in [0, 0.1) is 12.8 Å². The number of nitrogens with one attached hydrogen (secondary N) is 1. The van der Waals surface area contributed by atoms with Gasteiger partial charge < -0.3 is 10.2 Å².